The summed E-state index contributed by atoms with van der Waals surface area (Å²) in [5, 5.41) is 13.8. The Balaban J connectivity index is 2.47. The van der Waals surface area contributed by atoms with Gasteiger partial charge in [-0.3, -0.25) is 4.68 Å². The average molecular weight is 231 g/mol. The molecule has 0 aliphatic heterocycles. The van der Waals surface area contributed by atoms with Crippen molar-refractivity contribution in [2.75, 3.05) is 11.9 Å². The molecule has 0 atom stereocenters. The lowest BCUT2D eigenvalue weighted by atomic mass is 10.2. The third-order valence-electron chi connectivity index (χ3n) is 2.93. The van der Waals surface area contributed by atoms with Crippen molar-refractivity contribution >= 4 is 11.5 Å². The first-order valence-electron chi connectivity index (χ1n) is 5.57. The molecule has 0 radical (unpaired) electrons. The monoisotopic (exact) mass is 231 g/mol. The Morgan fingerprint density at radius 2 is 1.94 bits per heavy atom. The molecule has 17 heavy (non-hydrogen) atoms. The zero-order valence-corrected chi connectivity index (χ0v) is 10.4. The number of nitrogens with zero attached hydrogens (tertiary/aromatic N) is 3. The smallest absolute Gasteiger partial charge is 0.136 e. The maximum Gasteiger partial charge on any atom is 0.136 e. The van der Waals surface area contributed by atoms with E-state index in [0.717, 1.165) is 22.8 Å². The van der Waals surface area contributed by atoms with Crippen LogP contribution in [0, 0.1) is 6.92 Å². The number of anilines is 2. The Hall–Kier alpha value is -1.81. The van der Waals surface area contributed by atoms with E-state index in [9.17, 15) is 5.11 Å². The zero-order valence-electron chi connectivity index (χ0n) is 10.4. The lowest BCUT2D eigenvalue weighted by Gasteiger charge is -2.20. The van der Waals surface area contributed by atoms with E-state index < -0.39 is 0 Å². The minimum absolute atomic E-state index is 0.00613. The normalized spacial score (nSPS) is 10.6. The fourth-order valence-electron chi connectivity index (χ4n) is 2.07. The summed E-state index contributed by atoms with van der Waals surface area (Å²) in [6.45, 7) is 1.92. The molecule has 0 bridgehead atoms. The van der Waals surface area contributed by atoms with Crippen LogP contribution in [-0.4, -0.2) is 21.9 Å². The second-order valence-corrected chi connectivity index (χ2v) is 4.06. The van der Waals surface area contributed by atoms with Gasteiger partial charge in [-0.2, -0.15) is 5.10 Å². The zero-order chi connectivity index (χ0) is 12.4. The van der Waals surface area contributed by atoms with Gasteiger partial charge in [0.15, 0.2) is 0 Å². The molecule has 0 aliphatic carbocycles. The van der Waals surface area contributed by atoms with Gasteiger partial charge in [0.25, 0.3) is 0 Å². The van der Waals surface area contributed by atoms with Crippen molar-refractivity contribution in [1.82, 2.24) is 9.78 Å². The van der Waals surface area contributed by atoms with E-state index in [4.69, 9.17) is 0 Å². The molecule has 4 heteroatoms. The maximum absolute atomic E-state index is 9.43. The van der Waals surface area contributed by atoms with Crippen molar-refractivity contribution in [3.05, 3.63) is 41.6 Å². The molecule has 1 N–H and O–H groups in total. The van der Waals surface area contributed by atoms with E-state index in [2.05, 4.69) is 5.10 Å². The van der Waals surface area contributed by atoms with Gasteiger partial charge in [0.2, 0.25) is 0 Å². The predicted octanol–water partition coefficient (Wildman–Crippen LogP) is 1.99. The Morgan fingerprint density at radius 1 is 1.29 bits per heavy atom. The third-order valence-corrected chi connectivity index (χ3v) is 2.93. The van der Waals surface area contributed by atoms with E-state index >= 15 is 0 Å². The fraction of sp³-hybridized carbons (Fsp3) is 0.308. The molecule has 0 amide bonds. The van der Waals surface area contributed by atoms with Crippen molar-refractivity contribution in [2.24, 2.45) is 7.05 Å². The molecule has 0 unspecified atom stereocenters. The van der Waals surface area contributed by atoms with Gasteiger partial charge in [-0.1, -0.05) is 18.2 Å². The maximum atomic E-state index is 9.43. The number of aryl methyl sites for hydroxylation is 2. The summed E-state index contributed by atoms with van der Waals surface area (Å²) in [5.41, 5.74) is 2.82. The van der Waals surface area contributed by atoms with Crippen LogP contribution in [0.25, 0.3) is 0 Å². The van der Waals surface area contributed by atoms with Crippen LogP contribution in [0.3, 0.4) is 0 Å². The van der Waals surface area contributed by atoms with Crippen molar-refractivity contribution in [3.63, 3.8) is 0 Å². The van der Waals surface area contributed by atoms with Crippen LogP contribution >= 0.6 is 0 Å². The molecule has 4 nitrogen and oxygen atoms in total. The molecule has 0 aliphatic rings. The van der Waals surface area contributed by atoms with E-state index in [0.29, 0.717) is 0 Å². The van der Waals surface area contributed by atoms with Gasteiger partial charge < -0.3 is 10.0 Å². The standard InChI is InChI=1S/C13H17N3O/c1-10-12(9-17)13(16(3)14-10)15(2)11-7-5-4-6-8-11/h4-8,17H,9H2,1-3H3. The molecule has 0 fully saturated rings. The molecule has 1 aromatic carbocycles. The van der Waals surface area contributed by atoms with Crippen LogP contribution in [0.1, 0.15) is 11.3 Å². The molecular weight excluding hydrogens is 214 g/mol. The topological polar surface area (TPSA) is 41.3 Å². The lowest BCUT2D eigenvalue weighted by Crippen LogP contribution is -2.15. The first-order chi connectivity index (χ1) is 8.15. The predicted molar refractivity (Wildman–Crippen MR) is 68.4 cm³/mol. The number of benzene rings is 1. The Morgan fingerprint density at radius 3 is 2.53 bits per heavy atom. The molecule has 1 heterocycles. The van der Waals surface area contributed by atoms with E-state index in [1.165, 1.54) is 0 Å². The van der Waals surface area contributed by atoms with E-state index in [1.54, 1.807) is 4.68 Å². The summed E-state index contributed by atoms with van der Waals surface area (Å²) in [7, 11) is 3.87. The van der Waals surface area contributed by atoms with Crippen LogP contribution < -0.4 is 4.90 Å². The minimum Gasteiger partial charge on any atom is -0.391 e. The fourth-order valence-corrected chi connectivity index (χ4v) is 2.07. The highest BCUT2D eigenvalue weighted by molar-refractivity contribution is 5.63. The SMILES string of the molecule is Cc1nn(C)c(N(C)c2ccccc2)c1CO. The number of aliphatic hydroxyl groups excluding tert-OH is 1. The Labute approximate surface area is 101 Å². The summed E-state index contributed by atoms with van der Waals surface area (Å²) >= 11 is 0. The molecule has 90 valence electrons. The van der Waals surface area contributed by atoms with Crippen molar-refractivity contribution in [1.29, 1.82) is 0 Å². The van der Waals surface area contributed by atoms with Crippen LogP contribution in [0.5, 0.6) is 0 Å². The summed E-state index contributed by atoms with van der Waals surface area (Å²) in [6, 6.07) is 10.0. The molecule has 1 aromatic heterocycles. The molecule has 2 aromatic rings. The number of aromatic nitrogens is 2. The first kappa shape index (κ1) is 11.7. The number of rotatable bonds is 3. The minimum atomic E-state index is 0.00613. The number of hydrogen-bond donors (Lipinski definition) is 1. The van der Waals surface area contributed by atoms with Gasteiger partial charge in [0.05, 0.1) is 12.3 Å². The molecule has 2 rings (SSSR count). The second-order valence-electron chi connectivity index (χ2n) is 4.06. The van der Waals surface area contributed by atoms with Crippen molar-refractivity contribution in [2.45, 2.75) is 13.5 Å². The molecule has 0 saturated heterocycles. The van der Waals surface area contributed by atoms with Crippen LogP contribution in [0.15, 0.2) is 30.3 Å². The second kappa shape index (κ2) is 4.59. The van der Waals surface area contributed by atoms with Crippen LogP contribution in [0.4, 0.5) is 11.5 Å². The van der Waals surface area contributed by atoms with Crippen LogP contribution in [0.2, 0.25) is 0 Å². The highest BCUT2D eigenvalue weighted by Gasteiger charge is 2.16. The molecular formula is C13H17N3O. The van der Waals surface area contributed by atoms with Crippen molar-refractivity contribution in [3.8, 4) is 0 Å². The lowest BCUT2D eigenvalue weighted by molar-refractivity contribution is 0.281. The summed E-state index contributed by atoms with van der Waals surface area (Å²) in [6.07, 6.45) is 0. The highest BCUT2D eigenvalue weighted by atomic mass is 16.3. The van der Waals surface area contributed by atoms with Crippen molar-refractivity contribution < 1.29 is 5.11 Å². The van der Waals surface area contributed by atoms with Crippen LogP contribution in [-0.2, 0) is 13.7 Å². The number of para-hydroxylation sites is 1. The largest absolute Gasteiger partial charge is 0.391 e. The molecule has 0 saturated carbocycles. The van der Waals surface area contributed by atoms with Gasteiger partial charge in [0.1, 0.15) is 5.82 Å². The van der Waals surface area contributed by atoms with E-state index in [-0.39, 0.29) is 6.61 Å². The quantitative estimate of drug-likeness (QED) is 0.878. The van der Waals surface area contributed by atoms with Gasteiger partial charge in [-0.15, -0.1) is 0 Å². The summed E-state index contributed by atoms with van der Waals surface area (Å²) < 4.78 is 1.80. The van der Waals surface area contributed by atoms with Gasteiger partial charge in [0, 0.05) is 25.3 Å². The number of hydrogen-bond acceptors (Lipinski definition) is 3. The van der Waals surface area contributed by atoms with Gasteiger partial charge in [-0.25, -0.2) is 0 Å². The van der Waals surface area contributed by atoms with Gasteiger partial charge in [-0.05, 0) is 19.1 Å². The summed E-state index contributed by atoms with van der Waals surface area (Å²) in [5.74, 6) is 0.927. The third kappa shape index (κ3) is 2.03. The first-order valence-corrected chi connectivity index (χ1v) is 5.57. The Bertz CT molecular complexity index is 505. The summed E-state index contributed by atoms with van der Waals surface area (Å²) in [4.78, 5) is 2.03. The van der Waals surface area contributed by atoms with E-state index in [1.807, 2.05) is 56.3 Å². The number of aliphatic hydroxyl groups is 1. The Kier molecular flexibility index (Phi) is 3.15. The van der Waals surface area contributed by atoms with Gasteiger partial charge >= 0.3 is 0 Å². The highest BCUT2D eigenvalue weighted by Crippen LogP contribution is 2.28. The molecule has 0 spiro atoms. The average Bonchev–Trinajstić information content (AvgIpc) is 2.63.